The van der Waals surface area contributed by atoms with Crippen molar-refractivity contribution in [2.24, 2.45) is 4.99 Å². The smallest absolute Gasteiger partial charge is 0.253 e. The van der Waals surface area contributed by atoms with Crippen LogP contribution in [0.1, 0.15) is 22.3 Å². The first-order valence-corrected chi connectivity index (χ1v) is 9.61. The number of carbonyl (C=O) groups is 1. The third-order valence-corrected chi connectivity index (χ3v) is 4.86. The zero-order valence-corrected chi connectivity index (χ0v) is 19.8. The summed E-state index contributed by atoms with van der Waals surface area (Å²) in [7, 11) is 5.19. The van der Waals surface area contributed by atoms with Crippen molar-refractivity contribution in [1.29, 1.82) is 0 Å². The van der Waals surface area contributed by atoms with E-state index in [1.165, 1.54) is 6.07 Å². The Morgan fingerprint density at radius 2 is 2.03 bits per heavy atom. The molecule has 1 aliphatic heterocycles. The summed E-state index contributed by atoms with van der Waals surface area (Å²) in [6, 6.07) is 10.7. The number of aliphatic imine (C=N–C) groups is 1. The minimum Gasteiger partial charge on any atom is -0.352 e. The summed E-state index contributed by atoms with van der Waals surface area (Å²) >= 11 is 0. The highest BCUT2D eigenvalue weighted by Crippen LogP contribution is 2.20. The highest BCUT2D eigenvalue weighted by molar-refractivity contribution is 14.0. The fourth-order valence-corrected chi connectivity index (χ4v) is 3.28. The maximum atomic E-state index is 13.9. The summed E-state index contributed by atoms with van der Waals surface area (Å²) in [5, 5.41) is 6.67. The molecule has 2 aromatic rings. The Bertz CT molecular complexity index is 874. The predicted molar refractivity (Wildman–Crippen MR) is 128 cm³/mol. The van der Waals surface area contributed by atoms with Gasteiger partial charge in [0.2, 0.25) is 0 Å². The monoisotopic (exact) mass is 526 g/mol. The summed E-state index contributed by atoms with van der Waals surface area (Å²) in [4.78, 5) is 23.9. The van der Waals surface area contributed by atoms with Gasteiger partial charge in [0.1, 0.15) is 0 Å². The Labute approximate surface area is 193 Å². The number of benzene rings is 1. The van der Waals surface area contributed by atoms with E-state index in [4.69, 9.17) is 0 Å². The van der Waals surface area contributed by atoms with Crippen LogP contribution in [0.25, 0.3) is 0 Å². The number of anilines is 1. The molecule has 0 radical (unpaired) electrons. The second-order valence-electron chi connectivity index (χ2n) is 7.21. The molecule has 1 aromatic heterocycles. The molecule has 1 aromatic carbocycles. The number of nitrogens with one attached hydrogen (secondary N) is 2. The molecule has 9 heteroatoms. The average Bonchev–Trinajstić information content (AvgIpc) is 3.19. The molecule has 0 spiro atoms. The van der Waals surface area contributed by atoms with Crippen LogP contribution < -0.4 is 15.5 Å². The lowest BCUT2D eigenvalue weighted by Crippen LogP contribution is -2.44. The van der Waals surface area contributed by atoms with Crippen molar-refractivity contribution in [2.45, 2.75) is 19.0 Å². The lowest BCUT2D eigenvalue weighted by molar-refractivity contribution is 0.0827. The van der Waals surface area contributed by atoms with E-state index in [9.17, 15) is 9.18 Å². The SMILES string of the molecule is CN=C(NCc1ccc(C(=O)N(C)C)cc1)NC1CCN(c2ncccc2F)C1.I. The molecule has 162 valence electrons. The van der Waals surface area contributed by atoms with Gasteiger partial charge < -0.3 is 20.4 Å². The van der Waals surface area contributed by atoms with Gasteiger partial charge in [0.25, 0.3) is 5.91 Å². The van der Waals surface area contributed by atoms with E-state index >= 15 is 0 Å². The minimum atomic E-state index is -0.299. The van der Waals surface area contributed by atoms with Crippen LogP contribution in [0.15, 0.2) is 47.6 Å². The third kappa shape index (κ3) is 6.04. The van der Waals surface area contributed by atoms with Gasteiger partial charge in [0.15, 0.2) is 17.6 Å². The van der Waals surface area contributed by atoms with Gasteiger partial charge in [0.05, 0.1) is 0 Å². The van der Waals surface area contributed by atoms with Gasteiger partial charge in [-0.15, -0.1) is 24.0 Å². The zero-order valence-electron chi connectivity index (χ0n) is 17.4. The van der Waals surface area contributed by atoms with Crippen LogP contribution in [0.5, 0.6) is 0 Å². The van der Waals surface area contributed by atoms with Crippen molar-refractivity contribution in [1.82, 2.24) is 20.5 Å². The number of hydrogen-bond donors (Lipinski definition) is 2. The van der Waals surface area contributed by atoms with E-state index in [0.717, 1.165) is 18.5 Å². The molecule has 7 nitrogen and oxygen atoms in total. The van der Waals surface area contributed by atoms with Crippen LogP contribution in [-0.4, -0.2) is 62.0 Å². The van der Waals surface area contributed by atoms with Gasteiger partial charge >= 0.3 is 0 Å². The first-order valence-electron chi connectivity index (χ1n) is 9.61. The van der Waals surface area contributed by atoms with E-state index in [1.807, 2.05) is 29.2 Å². The number of hydrogen-bond acceptors (Lipinski definition) is 4. The molecule has 1 unspecified atom stereocenters. The quantitative estimate of drug-likeness (QED) is 0.356. The number of halogens is 2. The first kappa shape index (κ1) is 23.8. The molecule has 1 saturated heterocycles. The molecule has 30 heavy (non-hydrogen) atoms. The van der Waals surface area contributed by atoms with Gasteiger partial charge in [-0.2, -0.15) is 0 Å². The van der Waals surface area contributed by atoms with Crippen molar-refractivity contribution < 1.29 is 9.18 Å². The van der Waals surface area contributed by atoms with Crippen LogP contribution in [0.2, 0.25) is 0 Å². The fraction of sp³-hybridized carbons (Fsp3) is 0.381. The number of aromatic nitrogens is 1. The van der Waals surface area contributed by atoms with Gasteiger partial charge in [-0.25, -0.2) is 9.37 Å². The van der Waals surface area contributed by atoms with E-state index < -0.39 is 0 Å². The zero-order chi connectivity index (χ0) is 20.8. The van der Waals surface area contributed by atoms with Gasteiger partial charge in [0, 0.05) is 58.6 Å². The van der Waals surface area contributed by atoms with Gasteiger partial charge in [-0.05, 0) is 36.2 Å². The van der Waals surface area contributed by atoms with E-state index in [1.54, 1.807) is 38.3 Å². The highest BCUT2D eigenvalue weighted by Gasteiger charge is 2.25. The lowest BCUT2D eigenvalue weighted by atomic mass is 10.1. The van der Waals surface area contributed by atoms with Crippen molar-refractivity contribution >= 4 is 41.7 Å². The van der Waals surface area contributed by atoms with Gasteiger partial charge in [-0.1, -0.05) is 12.1 Å². The number of amides is 1. The Morgan fingerprint density at radius 1 is 1.30 bits per heavy atom. The molecule has 0 aliphatic carbocycles. The molecule has 3 rings (SSSR count). The lowest BCUT2D eigenvalue weighted by Gasteiger charge is -2.20. The summed E-state index contributed by atoms with van der Waals surface area (Å²) in [6.45, 7) is 1.99. The topological polar surface area (TPSA) is 72.9 Å². The largest absolute Gasteiger partial charge is 0.352 e. The molecule has 1 amide bonds. The average molecular weight is 526 g/mol. The Balaban J connectivity index is 0.00000320. The maximum absolute atomic E-state index is 13.9. The molecule has 1 fully saturated rings. The Morgan fingerprint density at radius 3 is 2.67 bits per heavy atom. The maximum Gasteiger partial charge on any atom is 0.253 e. The summed E-state index contributed by atoms with van der Waals surface area (Å²) in [5.74, 6) is 0.767. The van der Waals surface area contributed by atoms with Crippen molar-refractivity contribution in [3.05, 3.63) is 59.5 Å². The summed E-state index contributed by atoms with van der Waals surface area (Å²) in [5.41, 5.74) is 1.71. The molecule has 1 aliphatic rings. The number of pyridine rings is 1. The van der Waals surface area contributed by atoms with Gasteiger partial charge in [-0.3, -0.25) is 9.79 Å². The standard InChI is InChI=1S/C21H27FN6O.HI/c1-23-21(25-13-15-6-8-16(9-7-15)20(29)27(2)3)26-17-10-12-28(14-17)19-18(22)5-4-11-24-19;/h4-9,11,17H,10,12-14H2,1-3H3,(H2,23,25,26);1H. The summed E-state index contributed by atoms with van der Waals surface area (Å²) in [6.07, 6.45) is 2.48. The van der Waals surface area contributed by atoms with E-state index in [2.05, 4.69) is 20.6 Å². The minimum absolute atomic E-state index is 0. The van der Waals surface area contributed by atoms with Crippen LogP contribution in [0.4, 0.5) is 10.2 Å². The number of guanidine groups is 1. The normalized spacial score (nSPS) is 16.1. The first-order chi connectivity index (χ1) is 14.0. The van der Waals surface area contributed by atoms with E-state index in [0.29, 0.717) is 30.4 Å². The molecule has 2 heterocycles. The molecular weight excluding hydrogens is 498 g/mol. The van der Waals surface area contributed by atoms with E-state index in [-0.39, 0.29) is 41.7 Å². The van der Waals surface area contributed by atoms with Crippen molar-refractivity contribution in [3.8, 4) is 0 Å². The van der Waals surface area contributed by atoms with Crippen LogP contribution >= 0.6 is 24.0 Å². The van der Waals surface area contributed by atoms with Crippen molar-refractivity contribution in [3.63, 3.8) is 0 Å². The van der Waals surface area contributed by atoms with Crippen molar-refractivity contribution in [2.75, 3.05) is 39.1 Å². The molecule has 2 N–H and O–H groups in total. The number of rotatable bonds is 5. The van der Waals surface area contributed by atoms with Crippen LogP contribution in [0, 0.1) is 5.82 Å². The molecular formula is C21H28FIN6O. The number of nitrogens with zero attached hydrogens (tertiary/aromatic N) is 4. The highest BCUT2D eigenvalue weighted by atomic mass is 127. The molecule has 0 saturated carbocycles. The Kier molecular flexibility index (Phi) is 8.82. The predicted octanol–water partition coefficient (Wildman–Crippen LogP) is 2.48. The molecule has 0 bridgehead atoms. The third-order valence-electron chi connectivity index (χ3n) is 4.86. The Hall–Kier alpha value is -2.43. The van der Waals surface area contributed by atoms with Crippen LogP contribution in [-0.2, 0) is 6.54 Å². The molecule has 1 atom stereocenters. The summed E-state index contributed by atoms with van der Waals surface area (Å²) < 4.78 is 13.9. The second-order valence-corrected chi connectivity index (χ2v) is 7.21. The van der Waals surface area contributed by atoms with Crippen LogP contribution in [0.3, 0.4) is 0 Å². The fourth-order valence-electron chi connectivity index (χ4n) is 3.28. The number of carbonyl (C=O) groups excluding carboxylic acids is 1. The second kappa shape index (κ2) is 11.1.